The third-order valence-corrected chi connectivity index (χ3v) is 4.21. The fourth-order valence-corrected chi connectivity index (χ4v) is 2.62. The Kier molecular flexibility index (Phi) is 5.86. The average molecular weight is 433 g/mol. The van der Waals surface area contributed by atoms with Gasteiger partial charge < -0.3 is 16.4 Å². The summed E-state index contributed by atoms with van der Waals surface area (Å²) in [7, 11) is 0. The molecule has 0 fully saturated rings. The summed E-state index contributed by atoms with van der Waals surface area (Å²) in [5, 5.41) is 4.86. The van der Waals surface area contributed by atoms with Crippen LogP contribution in [0.3, 0.4) is 0 Å². The highest BCUT2D eigenvalue weighted by Gasteiger charge is 2.32. The number of carbonyl (C=O) groups is 2. The highest BCUT2D eigenvalue weighted by atomic mass is 19.4. The van der Waals surface area contributed by atoms with Crippen LogP contribution in [0.4, 0.5) is 34.9 Å². The lowest BCUT2D eigenvalue weighted by molar-refractivity contribution is -0.137. The topological polar surface area (TPSA) is 110 Å². The van der Waals surface area contributed by atoms with E-state index in [1.807, 2.05) is 0 Å². The Hall–Kier alpha value is -4.02. The zero-order chi connectivity index (χ0) is 22.8. The lowest BCUT2D eigenvalue weighted by Crippen LogP contribution is -2.17. The fourth-order valence-electron chi connectivity index (χ4n) is 2.62. The molecule has 3 rings (SSSR count). The van der Waals surface area contributed by atoms with Gasteiger partial charge in [-0.25, -0.2) is 14.4 Å². The van der Waals surface area contributed by atoms with Gasteiger partial charge in [-0.3, -0.25) is 9.59 Å². The van der Waals surface area contributed by atoms with Gasteiger partial charge in [-0.05, 0) is 42.8 Å². The predicted molar refractivity (Wildman–Crippen MR) is 105 cm³/mol. The minimum atomic E-state index is -4.73. The van der Waals surface area contributed by atoms with E-state index in [1.54, 1.807) is 6.92 Å². The Balaban J connectivity index is 1.82. The van der Waals surface area contributed by atoms with Crippen molar-refractivity contribution in [1.29, 1.82) is 0 Å². The molecule has 0 spiro atoms. The molecule has 3 aromatic rings. The predicted octanol–water partition coefficient (Wildman–Crippen LogP) is 4.03. The van der Waals surface area contributed by atoms with Gasteiger partial charge in [-0.2, -0.15) is 13.2 Å². The standard InChI is InChI=1S/C20H15F4N5O2/c1-10-2-4-12(7-14(10)17(30)29-13-8-26-19(25)27-9-13)28-18(31)15-6-11(20(22,23)24)3-5-16(15)21/h2-9H,1H3,(H,28,31)(H,29,30)(H2,25,26,27). The highest BCUT2D eigenvalue weighted by molar-refractivity contribution is 6.08. The molecule has 4 N–H and O–H groups in total. The second-order valence-electron chi connectivity index (χ2n) is 6.46. The molecule has 0 atom stereocenters. The van der Waals surface area contributed by atoms with Crippen LogP contribution in [-0.2, 0) is 6.18 Å². The molecular formula is C20H15F4N5O2. The number of carbonyl (C=O) groups excluding carboxylic acids is 2. The summed E-state index contributed by atoms with van der Waals surface area (Å²) in [5.74, 6) is -2.72. The van der Waals surface area contributed by atoms with Gasteiger partial charge in [0.2, 0.25) is 5.95 Å². The van der Waals surface area contributed by atoms with Gasteiger partial charge in [0.15, 0.2) is 0 Å². The molecular weight excluding hydrogens is 418 g/mol. The Bertz CT molecular complexity index is 1150. The van der Waals surface area contributed by atoms with Gasteiger partial charge >= 0.3 is 6.18 Å². The molecule has 0 aliphatic carbocycles. The summed E-state index contributed by atoms with van der Waals surface area (Å²) < 4.78 is 52.5. The molecule has 1 aromatic heterocycles. The quantitative estimate of drug-likeness (QED) is 0.538. The molecule has 0 saturated heterocycles. The highest BCUT2D eigenvalue weighted by Crippen LogP contribution is 2.30. The third-order valence-electron chi connectivity index (χ3n) is 4.21. The van der Waals surface area contributed by atoms with E-state index in [9.17, 15) is 27.2 Å². The van der Waals surface area contributed by atoms with Crippen LogP contribution in [0.15, 0.2) is 48.8 Å². The SMILES string of the molecule is Cc1ccc(NC(=O)c2cc(C(F)(F)F)ccc2F)cc1C(=O)Nc1cnc(N)nc1. The second kappa shape index (κ2) is 8.38. The largest absolute Gasteiger partial charge is 0.416 e. The summed E-state index contributed by atoms with van der Waals surface area (Å²) in [6, 6.07) is 5.80. The van der Waals surface area contributed by atoms with Crippen LogP contribution in [0, 0.1) is 12.7 Å². The first-order chi connectivity index (χ1) is 14.5. The Morgan fingerprint density at radius 3 is 2.16 bits per heavy atom. The van der Waals surface area contributed by atoms with Crippen LogP contribution >= 0.6 is 0 Å². The fraction of sp³-hybridized carbons (Fsp3) is 0.100. The molecule has 11 heteroatoms. The maximum Gasteiger partial charge on any atom is 0.416 e. The number of hydrogen-bond acceptors (Lipinski definition) is 5. The molecule has 2 amide bonds. The first-order valence-corrected chi connectivity index (χ1v) is 8.72. The minimum absolute atomic E-state index is 0.0284. The second-order valence-corrected chi connectivity index (χ2v) is 6.46. The number of nitrogen functional groups attached to an aromatic ring is 1. The number of alkyl halides is 3. The van der Waals surface area contributed by atoms with Crippen molar-refractivity contribution < 1.29 is 27.2 Å². The number of rotatable bonds is 4. The number of anilines is 3. The Labute approximate surface area is 173 Å². The van der Waals surface area contributed by atoms with Crippen LogP contribution < -0.4 is 16.4 Å². The molecule has 2 aromatic carbocycles. The molecule has 0 aliphatic rings. The van der Waals surface area contributed by atoms with E-state index in [4.69, 9.17) is 5.73 Å². The van der Waals surface area contributed by atoms with Gasteiger partial charge in [0.05, 0.1) is 29.2 Å². The van der Waals surface area contributed by atoms with E-state index in [2.05, 4.69) is 20.6 Å². The molecule has 31 heavy (non-hydrogen) atoms. The number of halogens is 4. The van der Waals surface area contributed by atoms with Crippen molar-refractivity contribution in [3.8, 4) is 0 Å². The van der Waals surface area contributed by atoms with Crippen molar-refractivity contribution in [3.05, 3.63) is 76.9 Å². The Morgan fingerprint density at radius 1 is 0.903 bits per heavy atom. The van der Waals surface area contributed by atoms with Crippen LogP contribution in [0.1, 0.15) is 31.8 Å². The number of benzene rings is 2. The molecule has 0 aliphatic heterocycles. The van der Waals surface area contributed by atoms with Crippen molar-refractivity contribution in [3.63, 3.8) is 0 Å². The van der Waals surface area contributed by atoms with Gasteiger partial charge in [0.25, 0.3) is 11.8 Å². The maximum atomic E-state index is 13.9. The van der Waals surface area contributed by atoms with E-state index in [-0.39, 0.29) is 22.9 Å². The van der Waals surface area contributed by atoms with Crippen LogP contribution in [0.5, 0.6) is 0 Å². The lowest BCUT2D eigenvalue weighted by atomic mass is 10.1. The average Bonchev–Trinajstić information content (AvgIpc) is 2.70. The number of nitrogens with zero attached hydrogens (tertiary/aromatic N) is 2. The van der Waals surface area contributed by atoms with E-state index < -0.39 is 34.9 Å². The zero-order valence-corrected chi connectivity index (χ0v) is 15.9. The molecule has 7 nitrogen and oxygen atoms in total. The van der Waals surface area contributed by atoms with Gasteiger partial charge in [0.1, 0.15) is 5.82 Å². The number of hydrogen-bond donors (Lipinski definition) is 3. The number of amides is 2. The smallest absolute Gasteiger partial charge is 0.368 e. The molecule has 0 saturated carbocycles. The van der Waals surface area contributed by atoms with E-state index in [1.165, 1.54) is 30.6 Å². The first kappa shape index (κ1) is 21.7. The van der Waals surface area contributed by atoms with Crippen molar-refractivity contribution in [2.45, 2.75) is 13.1 Å². The Morgan fingerprint density at radius 2 is 1.52 bits per heavy atom. The lowest BCUT2D eigenvalue weighted by Gasteiger charge is -2.12. The number of nitrogens with two attached hydrogens (primary N) is 1. The van der Waals surface area contributed by atoms with Crippen LogP contribution in [0.25, 0.3) is 0 Å². The van der Waals surface area contributed by atoms with Crippen molar-refractivity contribution >= 4 is 29.1 Å². The number of aromatic nitrogens is 2. The molecule has 160 valence electrons. The zero-order valence-electron chi connectivity index (χ0n) is 15.9. The summed E-state index contributed by atoms with van der Waals surface area (Å²) >= 11 is 0. The summed E-state index contributed by atoms with van der Waals surface area (Å²) in [4.78, 5) is 32.4. The van der Waals surface area contributed by atoms with E-state index in [0.717, 1.165) is 0 Å². The number of nitrogens with one attached hydrogen (secondary N) is 2. The van der Waals surface area contributed by atoms with Gasteiger partial charge in [0, 0.05) is 11.3 Å². The maximum absolute atomic E-state index is 13.9. The third kappa shape index (κ3) is 5.13. The molecule has 0 radical (unpaired) electrons. The van der Waals surface area contributed by atoms with Gasteiger partial charge in [-0.15, -0.1) is 0 Å². The normalized spacial score (nSPS) is 11.1. The molecule has 0 bridgehead atoms. The van der Waals surface area contributed by atoms with Gasteiger partial charge in [-0.1, -0.05) is 6.07 Å². The molecule has 0 unspecified atom stereocenters. The molecule has 1 heterocycles. The van der Waals surface area contributed by atoms with Crippen LogP contribution in [-0.4, -0.2) is 21.8 Å². The number of aryl methyl sites for hydroxylation is 1. The van der Waals surface area contributed by atoms with Crippen LogP contribution in [0.2, 0.25) is 0 Å². The van der Waals surface area contributed by atoms with E-state index >= 15 is 0 Å². The summed E-state index contributed by atoms with van der Waals surface area (Å²) in [5.41, 5.74) is 4.54. The van der Waals surface area contributed by atoms with E-state index in [0.29, 0.717) is 23.8 Å². The van der Waals surface area contributed by atoms with Crippen molar-refractivity contribution in [2.24, 2.45) is 0 Å². The minimum Gasteiger partial charge on any atom is -0.368 e. The summed E-state index contributed by atoms with van der Waals surface area (Å²) in [6.07, 6.45) is -2.13. The van der Waals surface area contributed by atoms with Crippen molar-refractivity contribution in [1.82, 2.24) is 9.97 Å². The monoisotopic (exact) mass is 433 g/mol. The summed E-state index contributed by atoms with van der Waals surface area (Å²) in [6.45, 7) is 1.65. The first-order valence-electron chi connectivity index (χ1n) is 8.72. The van der Waals surface area contributed by atoms with Crippen molar-refractivity contribution in [2.75, 3.05) is 16.4 Å².